The Morgan fingerprint density at radius 1 is 1.06 bits per heavy atom. The summed E-state index contributed by atoms with van der Waals surface area (Å²) in [6.07, 6.45) is 4.10. The molecule has 2 aliphatic rings. The second-order valence-electron chi connectivity index (χ2n) is 11.5. The number of amides is 3. The van der Waals surface area contributed by atoms with Crippen molar-refractivity contribution in [3.63, 3.8) is 0 Å². The molecule has 1 N–H and O–H groups in total. The second kappa shape index (κ2) is 14.3. The molecule has 3 heterocycles. The fraction of sp³-hybridized carbons (Fsp3) is 0.265. The van der Waals surface area contributed by atoms with Crippen molar-refractivity contribution < 1.29 is 28.3 Å². The first-order valence-corrected chi connectivity index (χ1v) is 15.9. The van der Waals surface area contributed by atoms with Gasteiger partial charge in [-0.1, -0.05) is 23.7 Å². The number of halogens is 2. The Labute approximate surface area is 285 Å². The van der Waals surface area contributed by atoms with Crippen molar-refractivity contribution in [2.75, 3.05) is 50.1 Å². The largest absolute Gasteiger partial charge is 0.462 e. The molecule has 0 bridgehead atoms. The SMILES string of the molecule is CCOC(=O)c1ccc(NC(=O)[C@H]2c3cccc(N4CCN(C)CC4=O)c3CCN2C(=O)/C=C/c2c(-n3cnnn3)ccc(Cl)c2F)cc1. The fourth-order valence-electron chi connectivity index (χ4n) is 6.02. The van der Waals surface area contributed by atoms with E-state index in [-0.39, 0.29) is 41.9 Å². The van der Waals surface area contributed by atoms with Crippen molar-refractivity contribution in [1.82, 2.24) is 30.0 Å². The third-order valence-electron chi connectivity index (χ3n) is 8.39. The number of piperazine rings is 1. The number of aromatic nitrogens is 4. The summed E-state index contributed by atoms with van der Waals surface area (Å²) in [5.74, 6) is -2.41. The number of ether oxygens (including phenoxy) is 1. The van der Waals surface area contributed by atoms with E-state index in [0.717, 1.165) is 5.56 Å². The number of rotatable bonds is 8. The minimum atomic E-state index is -1.11. The average Bonchev–Trinajstić information content (AvgIpc) is 3.63. The molecular formula is C34H32ClFN8O5. The van der Waals surface area contributed by atoms with E-state index in [2.05, 4.69) is 20.8 Å². The number of likely N-dealkylation sites (N-methyl/N-ethyl adjacent to an activating group) is 1. The van der Waals surface area contributed by atoms with Crippen LogP contribution in [0.3, 0.4) is 0 Å². The molecule has 49 heavy (non-hydrogen) atoms. The Balaban J connectivity index is 1.35. The maximum absolute atomic E-state index is 15.3. The fourth-order valence-corrected chi connectivity index (χ4v) is 6.18. The highest BCUT2D eigenvalue weighted by Gasteiger charge is 2.38. The van der Waals surface area contributed by atoms with Gasteiger partial charge in [0.25, 0.3) is 5.91 Å². The first kappa shape index (κ1) is 33.4. The number of tetrazole rings is 1. The number of fused-ring (bicyclic) bond motifs is 1. The molecule has 4 aromatic rings. The Hall–Kier alpha value is -5.47. The molecule has 1 saturated heterocycles. The summed E-state index contributed by atoms with van der Waals surface area (Å²) in [6, 6.07) is 13.4. The first-order chi connectivity index (χ1) is 23.7. The third-order valence-corrected chi connectivity index (χ3v) is 8.68. The molecule has 15 heteroatoms. The highest BCUT2D eigenvalue weighted by Crippen LogP contribution is 2.37. The lowest BCUT2D eigenvalue weighted by molar-refractivity contribution is -0.135. The van der Waals surface area contributed by atoms with E-state index < -0.39 is 29.6 Å². The van der Waals surface area contributed by atoms with Crippen molar-refractivity contribution >= 4 is 52.7 Å². The predicted molar refractivity (Wildman–Crippen MR) is 179 cm³/mol. The van der Waals surface area contributed by atoms with Crippen LogP contribution in [0, 0.1) is 5.82 Å². The van der Waals surface area contributed by atoms with Crippen molar-refractivity contribution in [3.8, 4) is 5.69 Å². The van der Waals surface area contributed by atoms with Crippen LogP contribution in [-0.4, -0.2) is 93.5 Å². The van der Waals surface area contributed by atoms with E-state index >= 15 is 4.39 Å². The quantitative estimate of drug-likeness (QED) is 0.217. The minimum Gasteiger partial charge on any atom is -0.462 e. The third kappa shape index (κ3) is 6.91. The maximum Gasteiger partial charge on any atom is 0.338 e. The lowest BCUT2D eigenvalue weighted by Gasteiger charge is -2.39. The maximum atomic E-state index is 15.3. The Bertz CT molecular complexity index is 1940. The van der Waals surface area contributed by atoms with Gasteiger partial charge in [0.2, 0.25) is 11.8 Å². The summed E-state index contributed by atoms with van der Waals surface area (Å²) in [7, 11) is 1.88. The summed E-state index contributed by atoms with van der Waals surface area (Å²) >= 11 is 6.07. The van der Waals surface area contributed by atoms with Gasteiger partial charge in [-0.15, -0.1) is 5.10 Å². The molecule has 1 atom stereocenters. The smallest absolute Gasteiger partial charge is 0.338 e. The summed E-state index contributed by atoms with van der Waals surface area (Å²) in [4.78, 5) is 58.3. The van der Waals surface area contributed by atoms with Crippen molar-refractivity contribution in [3.05, 3.63) is 100 Å². The predicted octanol–water partition coefficient (Wildman–Crippen LogP) is 3.69. The van der Waals surface area contributed by atoms with E-state index in [0.29, 0.717) is 42.0 Å². The van der Waals surface area contributed by atoms with E-state index in [4.69, 9.17) is 16.3 Å². The summed E-state index contributed by atoms with van der Waals surface area (Å²) in [6.45, 7) is 3.49. The number of benzene rings is 3. The second-order valence-corrected chi connectivity index (χ2v) is 11.9. The van der Waals surface area contributed by atoms with Crippen LogP contribution < -0.4 is 10.2 Å². The summed E-state index contributed by atoms with van der Waals surface area (Å²) in [5, 5.41) is 13.7. The van der Waals surface area contributed by atoms with Gasteiger partial charge in [-0.25, -0.2) is 9.18 Å². The highest BCUT2D eigenvalue weighted by atomic mass is 35.5. The molecule has 6 rings (SSSR count). The minimum absolute atomic E-state index is 0.0240. The lowest BCUT2D eigenvalue weighted by atomic mass is 9.89. The molecule has 3 amide bonds. The van der Waals surface area contributed by atoms with Crippen LogP contribution >= 0.6 is 11.6 Å². The van der Waals surface area contributed by atoms with E-state index in [1.807, 2.05) is 18.0 Å². The molecule has 0 spiro atoms. The number of nitrogens with one attached hydrogen (secondary N) is 1. The molecule has 13 nitrogen and oxygen atoms in total. The summed E-state index contributed by atoms with van der Waals surface area (Å²) < 4.78 is 21.6. The Morgan fingerprint density at radius 2 is 1.86 bits per heavy atom. The van der Waals surface area contributed by atoms with Crippen LogP contribution in [0.1, 0.15) is 40.0 Å². The number of anilines is 2. The van der Waals surface area contributed by atoms with Gasteiger partial charge >= 0.3 is 5.97 Å². The van der Waals surface area contributed by atoms with Crippen molar-refractivity contribution in [2.24, 2.45) is 0 Å². The van der Waals surface area contributed by atoms with Crippen LogP contribution in [0.5, 0.6) is 0 Å². The number of nitrogens with zero attached hydrogens (tertiary/aromatic N) is 7. The van der Waals surface area contributed by atoms with Gasteiger partial charge in [0.1, 0.15) is 12.4 Å². The zero-order valence-electron chi connectivity index (χ0n) is 26.7. The molecule has 252 valence electrons. The lowest BCUT2D eigenvalue weighted by Crippen LogP contribution is -2.50. The molecular weight excluding hydrogens is 655 g/mol. The van der Waals surface area contributed by atoms with Gasteiger partial charge in [-0.05, 0) is 90.5 Å². The van der Waals surface area contributed by atoms with Crippen LogP contribution in [0.2, 0.25) is 5.02 Å². The molecule has 0 radical (unpaired) electrons. The average molecular weight is 687 g/mol. The van der Waals surface area contributed by atoms with Gasteiger partial charge in [0.05, 0.1) is 29.4 Å². The molecule has 1 aromatic heterocycles. The van der Waals surface area contributed by atoms with Crippen molar-refractivity contribution in [2.45, 2.75) is 19.4 Å². The molecule has 0 aliphatic carbocycles. The van der Waals surface area contributed by atoms with Crippen LogP contribution in [0.4, 0.5) is 15.8 Å². The molecule has 0 saturated carbocycles. The normalized spacial score (nSPS) is 16.5. The van der Waals surface area contributed by atoms with E-state index in [9.17, 15) is 19.2 Å². The molecule has 3 aromatic carbocycles. The Kier molecular flexibility index (Phi) is 9.78. The van der Waals surface area contributed by atoms with Gasteiger partial charge in [0, 0.05) is 42.6 Å². The first-order valence-electron chi connectivity index (χ1n) is 15.5. The zero-order valence-corrected chi connectivity index (χ0v) is 27.4. The number of carbonyl (C=O) groups excluding carboxylic acids is 4. The zero-order chi connectivity index (χ0) is 34.7. The van der Waals surface area contributed by atoms with Crippen LogP contribution in [0.25, 0.3) is 11.8 Å². The van der Waals surface area contributed by atoms with Gasteiger partial charge < -0.3 is 19.9 Å². The number of esters is 1. The Morgan fingerprint density at radius 3 is 2.57 bits per heavy atom. The summed E-state index contributed by atoms with van der Waals surface area (Å²) in [5.41, 5.74) is 2.98. The molecule has 1 fully saturated rings. The number of carbonyl (C=O) groups is 4. The van der Waals surface area contributed by atoms with Gasteiger partial charge in [-0.2, -0.15) is 4.68 Å². The van der Waals surface area contributed by atoms with Crippen molar-refractivity contribution in [1.29, 1.82) is 0 Å². The molecule has 0 unspecified atom stereocenters. The topological polar surface area (TPSA) is 143 Å². The van der Waals surface area contributed by atoms with Gasteiger partial charge in [-0.3, -0.25) is 19.3 Å². The highest BCUT2D eigenvalue weighted by molar-refractivity contribution is 6.31. The molecule has 2 aliphatic heterocycles. The van der Waals surface area contributed by atoms with Gasteiger partial charge in [0.15, 0.2) is 5.82 Å². The van der Waals surface area contributed by atoms with E-state index in [1.165, 1.54) is 52.3 Å². The number of hydrogen-bond donors (Lipinski definition) is 1. The van der Waals surface area contributed by atoms with Crippen LogP contribution in [0.15, 0.2) is 67.0 Å². The van der Waals surface area contributed by atoms with E-state index in [1.54, 1.807) is 36.1 Å². The monoisotopic (exact) mass is 686 g/mol. The van der Waals surface area contributed by atoms with Crippen LogP contribution in [-0.2, 0) is 25.5 Å². The standard InChI is InChI=1S/C34H32ClFN8O5/c1-3-49-34(48)21-7-9-22(10-8-21)38-33(47)32-24-5-4-6-27(42-18-17-41(2)19-30(42)46)23(24)15-16-43(32)29(45)14-11-25-28(44-20-37-39-40-44)13-12-26(35)31(25)36/h4-14,20,32H,3,15-19H2,1-2H3,(H,38,47)/b14-11+/t32-/m1/s1. The number of hydrogen-bond acceptors (Lipinski definition) is 9.